The molecule has 20 heavy (non-hydrogen) atoms. The summed E-state index contributed by atoms with van der Waals surface area (Å²) in [4.78, 5) is 16.6. The molecule has 0 radical (unpaired) electrons. The second kappa shape index (κ2) is 6.37. The summed E-state index contributed by atoms with van der Waals surface area (Å²) in [6.45, 7) is 4.91. The zero-order valence-corrected chi connectivity index (χ0v) is 12.2. The number of fused-ring (bicyclic) bond motifs is 1. The molecule has 1 heterocycles. The Kier molecular flexibility index (Phi) is 4.56. The molecule has 1 aromatic heterocycles. The second-order valence-electron chi connectivity index (χ2n) is 5.05. The monoisotopic (exact) mass is 271 g/mol. The summed E-state index contributed by atoms with van der Waals surface area (Å²) in [6, 6.07) is 9.75. The lowest BCUT2D eigenvalue weighted by Gasteiger charge is -2.11. The lowest BCUT2D eigenvalue weighted by Crippen LogP contribution is -2.28. The standard InChI is InChI=1S/C16H21N3O/c1-4-11(2)10-18-16(20)14-9-12-7-5-6-8-13(12)15(17-3)19-14/h5-9,11H,4,10H2,1-3H3,(H,17,19)(H,18,20). The average Bonchev–Trinajstić information content (AvgIpc) is 2.50. The van der Waals surface area contributed by atoms with Crippen LogP contribution in [0.5, 0.6) is 0 Å². The van der Waals surface area contributed by atoms with Crippen molar-refractivity contribution in [1.82, 2.24) is 10.3 Å². The number of benzene rings is 1. The maximum Gasteiger partial charge on any atom is 0.270 e. The molecule has 0 aliphatic carbocycles. The van der Waals surface area contributed by atoms with E-state index in [-0.39, 0.29) is 5.91 Å². The summed E-state index contributed by atoms with van der Waals surface area (Å²) in [7, 11) is 1.82. The van der Waals surface area contributed by atoms with Gasteiger partial charge in [0.15, 0.2) is 0 Å². The van der Waals surface area contributed by atoms with Gasteiger partial charge in [0, 0.05) is 19.0 Å². The fourth-order valence-corrected chi connectivity index (χ4v) is 2.01. The predicted molar refractivity (Wildman–Crippen MR) is 83.1 cm³/mol. The van der Waals surface area contributed by atoms with E-state index < -0.39 is 0 Å². The zero-order valence-electron chi connectivity index (χ0n) is 12.2. The highest BCUT2D eigenvalue weighted by molar-refractivity contribution is 6.00. The number of carbonyl (C=O) groups excluding carboxylic acids is 1. The summed E-state index contributed by atoms with van der Waals surface area (Å²) in [5.74, 6) is 1.09. The molecule has 1 amide bonds. The second-order valence-corrected chi connectivity index (χ2v) is 5.05. The normalized spacial score (nSPS) is 12.2. The van der Waals surface area contributed by atoms with Gasteiger partial charge in [0.1, 0.15) is 11.5 Å². The Bertz CT molecular complexity index is 610. The Morgan fingerprint density at radius 3 is 2.80 bits per heavy atom. The van der Waals surface area contributed by atoms with Gasteiger partial charge < -0.3 is 10.6 Å². The Labute approximate surface area is 119 Å². The smallest absolute Gasteiger partial charge is 0.270 e. The van der Waals surface area contributed by atoms with Crippen LogP contribution in [0.1, 0.15) is 30.8 Å². The molecule has 1 aromatic carbocycles. The van der Waals surface area contributed by atoms with E-state index in [4.69, 9.17) is 0 Å². The Morgan fingerprint density at radius 2 is 2.10 bits per heavy atom. The molecule has 4 nitrogen and oxygen atoms in total. The number of hydrogen-bond donors (Lipinski definition) is 2. The quantitative estimate of drug-likeness (QED) is 0.878. The number of anilines is 1. The van der Waals surface area contributed by atoms with Crippen molar-refractivity contribution in [2.75, 3.05) is 18.9 Å². The van der Waals surface area contributed by atoms with E-state index in [2.05, 4.69) is 29.5 Å². The number of pyridine rings is 1. The van der Waals surface area contributed by atoms with Crippen molar-refractivity contribution in [2.45, 2.75) is 20.3 Å². The third kappa shape index (κ3) is 3.07. The first-order valence-corrected chi connectivity index (χ1v) is 7.01. The van der Waals surface area contributed by atoms with Gasteiger partial charge in [0.05, 0.1) is 0 Å². The molecule has 1 atom stereocenters. The van der Waals surface area contributed by atoms with Gasteiger partial charge in [-0.05, 0) is 17.4 Å². The van der Waals surface area contributed by atoms with Crippen molar-refractivity contribution < 1.29 is 4.79 Å². The topological polar surface area (TPSA) is 54.0 Å². The van der Waals surface area contributed by atoms with Crippen LogP contribution in [0.3, 0.4) is 0 Å². The molecule has 0 fully saturated rings. The van der Waals surface area contributed by atoms with Gasteiger partial charge in [0.25, 0.3) is 5.91 Å². The molecular weight excluding hydrogens is 250 g/mol. The van der Waals surface area contributed by atoms with Crippen LogP contribution in [0.2, 0.25) is 0 Å². The summed E-state index contributed by atoms with van der Waals surface area (Å²) >= 11 is 0. The van der Waals surface area contributed by atoms with Gasteiger partial charge in [-0.1, -0.05) is 44.5 Å². The van der Waals surface area contributed by atoms with E-state index >= 15 is 0 Å². The van der Waals surface area contributed by atoms with Crippen molar-refractivity contribution in [3.63, 3.8) is 0 Å². The molecule has 0 bridgehead atoms. The minimum absolute atomic E-state index is 0.118. The summed E-state index contributed by atoms with van der Waals surface area (Å²) < 4.78 is 0. The molecule has 0 saturated heterocycles. The fraction of sp³-hybridized carbons (Fsp3) is 0.375. The van der Waals surface area contributed by atoms with Crippen molar-refractivity contribution in [2.24, 2.45) is 5.92 Å². The van der Waals surface area contributed by atoms with Crippen LogP contribution in [-0.2, 0) is 0 Å². The number of amides is 1. The van der Waals surface area contributed by atoms with Crippen molar-refractivity contribution in [3.8, 4) is 0 Å². The summed E-state index contributed by atoms with van der Waals surface area (Å²) in [6.07, 6.45) is 1.05. The first-order valence-electron chi connectivity index (χ1n) is 7.01. The molecule has 0 saturated carbocycles. The molecule has 2 N–H and O–H groups in total. The van der Waals surface area contributed by atoms with E-state index in [9.17, 15) is 4.79 Å². The van der Waals surface area contributed by atoms with Gasteiger partial charge in [-0.2, -0.15) is 0 Å². The van der Waals surface area contributed by atoms with Crippen LogP contribution in [0.4, 0.5) is 5.82 Å². The molecule has 4 heteroatoms. The van der Waals surface area contributed by atoms with Crippen LogP contribution in [0.15, 0.2) is 30.3 Å². The first-order chi connectivity index (χ1) is 9.65. The van der Waals surface area contributed by atoms with Crippen LogP contribution >= 0.6 is 0 Å². The van der Waals surface area contributed by atoms with Gasteiger partial charge in [-0.15, -0.1) is 0 Å². The van der Waals surface area contributed by atoms with Crippen molar-refractivity contribution in [3.05, 3.63) is 36.0 Å². The third-order valence-corrected chi connectivity index (χ3v) is 3.52. The lowest BCUT2D eigenvalue weighted by molar-refractivity contribution is 0.0943. The number of carbonyl (C=O) groups is 1. The fourth-order valence-electron chi connectivity index (χ4n) is 2.01. The van der Waals surface area contributed by atoms with Crippen molar-refractivity contribution in [1.29, 1.82) is 0 Å². The molecule has 2 aromatic rings. The van der Waals surface area contributed by atoms with E-state index in [1.807, 2.05) is 37.4 Å². The molecular formula is C16H21N3O. The number of aromatic nitrogens is 1. The summed E-state index contributed by atoms with van der Waals surface area (Å²) in [5.41, 5.74) is 0.455. The van der Waals surface area contributed by atoms with E-state index in [0.29, 0.717) is 18.2 Å². The van der Waals surface area contributed by atoms with E-state index in [0.717, 1.165) is 23.0 Å². The maximum atomic E-state index is 12.2. The maximum absolute atomic E-state index is 12.2. The SMILES string of the molecule is CCC(C)CNC(=O)c1cc2ccccc2c(NC)n1. The Morgan fingerprint density at radius 1 is 1.35 bits per heavy atom. The number of nitrogens with one attached hydrogen (secondary N) is 2. The lowest BCUT2D eigenvalue weighted by atomic mass is 10.1. The predicted octanol–water partition coefficient (Wildman–Crippen LogP) is 3.05. The number of rotatable bonds is 5. The highest BCUT2D eigenvalue weighted by atomic mass is 16.1. The van der Waals surface area contributed by atoms with Gasteiger partial charge in [-0.3, -0.25) is 4.79 Å². The molecule has 2 rings (SSSR count). The van der Waals surface area contributed by atoms with Crippen LogP contribution in [0, 0.1) is 5.92 Å². The van der Waals surface area contributed by atoms with E-state index in [1.54, 1.807) is 0 Å². The minimum atomic E-state index is -0.118. The van der Waals surface area contributed by atoms with Crippen molar-refractivity contribution >= 4 is 22.5 Å². The highest BCUT2D eigenvalue weighted by Crippen LogP contribution is 2.22. The molecule has 0 aliphatic heterocycles. The van der Waals surface area contributed by atoms with Gasteiger partial charge in [0.2, 0.25) is 0 Å². The Balaban J connectivity index is 2.28. The molecule has 106 valence electrons. The first kappa shape index (κ1) is 14.3. The summed E-state index contributed by atoms with van der Waals surface area (Å²) in [5, 5.41) is 8.02. The third-order valence-electron chi connectivity index (χ3n) is 3.52. The van der Waals surface area contributed by atoms with E-state index in [1.165, 1.54) is 0 Å². The highest BCUT2D eigenvalue weighted by Gasteiger charge is 2.12. The largest absolute Gasteiger partial charge is 0.373 e. The van der Waals surface area contributed by atoms with Gasteiger partial charge >= 0.3 is 0 Å². The van der Waals surface area contributed by atoms with Crippen LogP contribution < -0.4 is 10.6 Å². The average molecular weight is 271 g/mol. The van der Waals surface area contributed by atoms with Gasteiger partial charge in [-0.25, -0.2) is 4.98 Å². The van der Waals surface area contributed by atoms with Crippen LogP contribution in [-0.4, -0.2) is 24.5 Å². The zero-order chi connectivity index (χ0) is 14.5. The molecule has 1 unspecified atom stereocenters. The minimum Gasteiger partial charge on any atom is -0.373 e. The van der Waals surface area contributed by atoms with Crippen LogP contribution in [0.25, 0.3) is 10.8 Å². The molecule has 0 spiro atoms. The number of hydrogen-bond acceptors (Lipinski definition) is 3. The molecule has 0 aliphatic rings. The Hall–Kier alpha value is -2.10. The number of nitrogens with zero attached hydrogens (tertiary/aromatic N) is 1.